The molecule has 2 aliphatic heterocycles. The van der Waals surface area contributed by atoms with E-state index in [1.807, 2.05) is 55.5 Å². The standard InChI is InChI=1S/C24H27N3O3/c1-15(2)17-9-11-19(12-10-17)24(4)22(29)26(23(30)25-24)14-21(28)27-16(3)13-18-7-5-6-8-20(18)27/h5-12,15-16H,13-14H2,1-4H3,(H,25,30). The molecule has 2 aromatic carbocycles. The number of anilines is 1. The van der Waals surface area contributed by atoms with E-state index in [1.54, 1.807) is 11.8 Å². The number of fused-ring (bicyclic) bond motifs is 1. The predicted molar refractivity (Wildman–Crippen MR) is 115 cm³/mol. The third kappa shape index (κ3) is 3.16. The molecule has 30 heavy (non-hydrogen) atoms. The first-order chi connectivity index (χ1) is 14.2. The van der Waals surface area contributed by atoms with Gasteiger partial charge >= 0.3 is 6.03 Å². The van der Waals surface area contributed by atoms with Crippen LogP contribution in [0.1, 0.15) is 50.3 Å². The third-order valence-corrected chi connectivity index (χ3v) is 6.20. The summed E-state index contributed by atoms with van der Waals surface area (Å²) in [7, 11) is 0. The molecule has 4 amide bonds. The Bertz CT molecular complexity index is 1010. The number of hydrogen-bond donors (Lipinski definition) is 1. The van der Waals surface area contributed by atoms with Gasteiger partial charge in [-0.25, -0.2) is 4.79 Å². The second kappa shape index (κ2) is 7.27. The topological polar surface area (TPSA) is 69.7 Å². The van der Waals surface area contributed by atoms with Crippen LogP contribution in [0.2, 0.25) is 0 Å². The van der Waals surface area contributed by atoms with Gasteiger partial charge in [0.2, 0.25) is 5.91 Å². The van der Waals surface area contributed by atoms with Gasteiger partial charge in [-0.15, -0.1) is 0 Å². The zero-order chi connectivity index (χ0) is 21.6. The molecule has 2 aliphatic rings. The molecule has 2 unspecified atom stereocenters. The van der Waals surface area contributed by atoms with Crippen LogP contribution < -0.4 is 10.2 Å². The first kappa shape index (κ1) is 20.1. The Labute approximate surface area is 176 Å². The molecule has 0 aromatic heterocycles. The number of hydrogen-bond acceptors (Lipinski definition) is 3. The first-order valence-electron chi connectivity index (χ1n) is 10.4. The van der Waals surface area contributed by atoms with Gasteiger partial charge in [-0.3, -0.25) is 14.5 Å². The highest BCUT2D eigenvalue weighted by atomic mass is 16.2. The molecule has 6 nitrogen and oxygen atoms in total. The number of para-hydroxylation sites is 1. The Morgan fingerprint density at radius 3 is 2.47 bits per heavy atom. The minimum Gasteiger partial charge on any atom is -0.319 e. The third-order valence-electron chi connectivity index (χ3n) is 6.20. The number of nitrogens with one attached hydrogen (secondary N) is 1. The second-order valence-electron chi connectivity index (χ2n) is 8.67. The summed E-state index contributed by atoms with van der Waals surface area (Å²) in [6, 6.07) is 14.9. The van der Waals surface area contributed by atoms with Crippen molar-refractivity contribution in [3.63, 3.8) is 0 Å². The number of rotatable bonds is 4. The van der Waals surface area contributed by atoms with Crippen molar-refractivity contribution in [2.24, 2.45) is 0 Å². The summed E-state index contributed by atoms with van der Waals surface area (Å²) in [5.41, 5.74) is 2.65. The summed E-state index contributed by atoms with van der Waals surface area (Å²) in [5, 5.41) is 2.79. The van der Waals surface area contributed by atoms with Crippen LogP contribution in [-0.4, -0.2) is 35.3 Å². The summed E-state index contributed by atoms with van der Waals surface area (Å²) in [4.78, 5) is 41.7. The molecular weight excluding hydrogens is 378 g/mol. The van der Waals surface area contributed by atoms with Crippen molar-refractivity contribution in [1.29, 1.82) is 0 Å². The Morgan fingerprint density at radius 2 is 1.80 bits per heavy atom. The van der Waals surface area contributed by atoms with Crippen LogP contribution in [0.25, 0.3) is 0 Å². The Morgan fingerprint density at radius 1 is 1.13 bits per heavy atom. The maximum Gasteiger partial charge on any atom is 0.325 e. The van der Waals surface area contributed by atoms with E-state index in [2.05, 4.69) is 19.2 Å². The normalized spacial score (nSPS) is 23.2. The number of amides is 4. The summed E-state index contributed by atoms with van der Waals surface area (Å²) in [5.74, 6) is -0.284. The van der Waals surface area contributed by atoms with Crippen LogP contribution in [0.5, 0.6) is 0 Å². The van der Waals surface area contributed by atoms with Gasteiger partial charge in [0, 0.05) is 11.7 Å². The highest BCUT2D eigenvalue weighted by molar-refractivity contribution is 6.10. The van der Waals surface area contributed by atoms with E-state index in [0.717, 1.165) is 28.1 Å². The van der Waals surface area contributed by atoms with Gasteiger partial charge in [0.1, 0.15) is 12.1 Å². The van der Waals surface area contributed by atoms with E-state index in [-0.39, 0.29) is 18.5 Å². The molecule has 4 rings (SSSR count). The molecule has 0 aliphatic carbocycles. The molecular formula is C24H27N3O3. The molecule has 0 spiro atoms. The molecule has 1 saturated heterocycles. The van der Waals surface area contributed by atoms with Crippen molar-refractivity contribution < 1.29 is 14.4 Å². The molecule has 1 fully saturated rings. The van der Waals surface area contributed by atoms with Crippen molar-refractivity contribution in [3.05, 3.63) is 65.2 Å². The van der Waals surface area contributed by atoms with Gasteiger partial charge in [-0.1, -0.05) is 56.3 Å². The minimum atomic E-state index is -1.18. The van der Waals surface area contributed by atoms with Crippen molar-refractivity contribution in [2.75, 3.05) is 11.4 Å². The van der Waals surface area contributed by atoms with Crippen LogP contribution in [0.3, 0.4) is 0 Å². The first-order valence-corrected chi connectivity index (χ1v) is 10.4. The van der Waals surface area contributed by atoms with Gasteiger partial charge in [0.25, 0.3) is 5.91 Å². The average molecular weight is 405 g/mol. The molecule has 156 valence electrons. The van der Waals surface area contributed by atoms with Crippen LogP contribution in [0, 0.1) is 0 Å². The van der Waals surface area contributed by atoms with Gasteiger partial charge in [0.05, 0.1) is 0 Å². The van der Waals surface area contributed by atoms with Gasteiger partial charge in [0.15, 0.2) is 0 Å². The van der Waals surface area contributed by atoms with Crippen LogP contribution in [0.15, 0.2) is 48.5 Å². The molecule has 2 atom stereocenters. The Hall–Kier alpha value is -3.15. The van der Waals surface area contributed by atoms with Crippen molar-refractivity contribution >= 4 is 23.5 Å². The number of urea groups is 1. The van der Waals surface area contributed by atoms with E-state index in [9.17, 15) is 14.4 Å². The lowest BCUT2D eigenvalue weighted by Crippen LogP contribution is -2.46. The van der Waals surface area contributed by atoms with Crippen molar-refractivity contribution in [2.45, 2.75) is 51.6 Å². The van der Waals surface area contributed by atoms with Crippen LogP contribution in [0.4, 0.5) is 10.5 Å². The smallest absolute Gasteiger partial charge is 0.319 e. The number of nitrogens with zero attached hydrogens (tertiary/aromatic N) is 2. The highest BCUT2D eigenvalue weighted by Gasteiger charge is 2.50. The average Bonchev–Trinajstić information content (AvgIpc) is 3.16. The summed E-state index contributed by atoms with van der Waals surface area (Å²) in [6.07, 6.45) is 0.766. The van der Waals surface area contributed by atoms with E-state index in [1.165, 1.54) is 0 Å². The number of imide groups is 1. The molecule has 0 bridgehead atoms. The molecule has 2 heterocycles. The van der Waals surface area contributed by atoms with Crippen LogP contribution in [-0.2, 0) is 21.5 Å². The second-order valence-corrected chi connectivity index (χ2v) is 8.67. The monoisotopic (exact) mass is 405 g/mol. The predicted octanol–water partition coefficient (Wildman–Crippen LogP) is 3.55. The number of carbonyl (C=O) groups excluding carboxylic acids is 3. The Balaban J connectivity index is 1.55. The fraction of sp³-hybridized carbons (Fsp3) is 0.375. The summed E-state index contributed by atoms with van der Waals surface area (Å²) < 4.78 is 0. The van der Waals surface area contributed by atoms with Crippen LogP contribution >= 0.6 is 0 Å². The zero-order valence-electron chi connectivity index (χ0n) is 17.8. The lowest BCUT2D eigenvalue weighted by atomic mass is 9.90. The summed E-state index contributed by atoms with van der Waals surface area (Å²) >= 11 is 0. The maximum atomic E-state index is 13.2. The van der Waals surface area contributed by atoms with E-state index >= 15 is 0 Å². The zero-order valence-corrected chi connectivity index (χ0v) is 17.8. The molecule has 0 saturated carbocycles. The largest absolute Gasteiger partial charge is 0.325 e. The highest BCUT2D eigenvalue weighted by Crippen LogP contribution is 2.33. The summed E-state index contributed by atoms with van der Waals surface area (Å²) in [6.45, 7) is 7.59. The van der Waals surface area contributed by atoms with E-state index < -0.39 is 17.5 Å². The fourth-order valence-electron chi connectivity index (χ4n) is 4.39. The molecule has 2 aromatic rings. The van der Waals surface area contributed by atoms with Gasteiger partial charge in [-0.2, -0.15) is 0 Å². The van der Waals surface area contributed by atoms with Crippen molar-refractivity contribution in [3.8, 4) is 0 Å². The lowest BCUT2D eigenvalue weighted by molar-refractivity contribution is -0.134. The van der Waals surface area contributed by atoms with Crippen molar-refractivity contribution in [1.82, 2.24) is 10.2 Å². The molecule has 0 radical (unpaired) electrons. The lowest BCUT2D eigenvalue weighted by Gasteiger charge is -2.26. The van der Waals surface area contributed by atoms with Gasteiger partial charge in [-0.05, 0) is 48.9 Å². The number of carbonyl (C=O) groups is 3. The fourth-order valence-corrected chi connectivity index (χ4v) is 4.39. The van der Waals surface area contributed by atoms with Gasteiger partial charge < -0.3 is 10.2 Å². The molecule has 6 heteroatoms. The minimum absolute atomic E-state index is 0.00868. The maximum absolute atomic E-state index is 13.2. The SMILES string of the molecule is CC(C)c1ccc(C2(C)NC(=O)N(CC(=O)N3c4ccccc4CC3C)C2=O)cc1. The van der Waals surface area contributed by atoms with E-state index in [4.69, 9.17) is 0 Å². The Kier molecular flexibility index (Phi) is 4.88. The number of benzene rings is 2. The molecule has 1 N–H and O–H groups in total. The quantitative estimate of drug-likeness (QED) is 0.791. The van der Waals surface area contributed by atoms with E-state index in [0.29, 0.717) is 11.5 Å².